The average molecular weight is 877 g/mol. The molecule has 13 aromatic rings. The van der Waals surface area contributed by atoms with Gasteiger partial charge in [-0.05, 0) is 53.6 Å². The summed E-state index contributed by atoms with van der Waals surface area (Å²) < 4.78 is 52.1. The first kappa shape index (κ1) is 34.0. The lowest BCUT2D eigenvalue weighted by atomic mass is 9.99. The molecule has 0 aliphatic carbocycles. The molecule has 0 amide bonds. The zero-order valence-electron chi connectivity index (χ0n) is 41.0. The maximum Gasteiger partial charge on any atom is 0.166 e. The highest BCUT2D eigenvalue weighted by Crippen LogP contribution is 2.42. The summed E-state index contributed by atoms with van der Waals surface area (Å²) in [6, 6.07) is 61.0. The Balaban J connectivity index is 1.11. The van der Waals surface area contributed by atoms with Crippen molar-refractivity contribution >= 4 is 43.7 Å². The first-order valence-corrected chi connectivity index (χ1v) is 22.1. The summed E-state index contributed by atoms with van der Waals surface area (Å²) in [5.74, 6) is 2.68. The summed E-state index contributed by atoms with van der Waals surface area (Å²) in [6.45, 7) is 0. The van der Waals surface area contributed by atoms with Gasteiger partial charge in [-0.2, -0.15) is 0 Å². The summed E-state index contributed by atoms with van der Waals surface area (Å²) in [7, 11) is 0. The number of hydrogen-bond acceptors (Lipinski definition) is 7. The molecule has 0 saturated heterocycles. The van der Waals surface area contributed by atoms with Crippen LogP contribution in [0.15, 0.2) is 229 Å². The molecule has 0 aliphatic heterocycles. The van der Waals surface area contributed by atoms with Crippen LogP contribution in [0.2, 0.25) is 0 Å². The standard InChI is InChI=1S/C60H37N7O/c1-5-19-38(20-6-1)43-29-17-32-50-53(43)44-27-13-15-31-48(44)67(50)49-36-35-42(37-47(49)60-64-55(39-21-7-2-8-22-39)61-56(65-60)40-23-9-3-10-24-40)58-62-57(41-25-11-4-12-26-41)63-59(66-58)46-30-18-34-52-54(46)45-28-14-16-33-51(45)68-52/h1-37H/i1D,5D,6D,19D,20D. The van der Waals surface area contributed by atoms with E-state index < -0.39 is 18.1 Å². The van der Waals surface area contributed by atoms with Crippen molar-refractivity contribution in [3.05, 3.63) is 224 Å². The Labute approximate surface area is 397 Å². The molecule has 8 heteroatoms. The van der Waals surface area contributed by atoms with E-state index in [4.69, 9.17) is 41.2 Å². The molecule has 0 spiro atoms. The number of aromatic nitrogens is 7. The van der Waals surface area contributed by atoms with E-state index >= 15 is 0 Å². The molecule has 0 unspecified atom stereocenters. The van der Waals surface area contributed by atoms with E-state index in [9.17, 15) is 0 Å². The van der Waals surface area contributed by atoms with Gasteiger partial charge in [-0.1, -0.05) is 182 Å². The first-order chi connectivity index (χ1) is 35.8. The molecule has 0 saturated carbocycles. The van der Waals surface area contributed by atoms with Gasteiger partial charge in [0.15, 0.2) is 34.9 Å². The Morgan fingerprint density at radius 2 is 0.838 bits per heavy atom. The molecule has 0 bridgehead atoms. The van der Waals surface area contributed by atoms with E-state index in [1.54, 1.807) is 0 Å². The van der Waals surface area contributed by atoms with E-state index in [0.29, 0.717) is 68.3 Å². The normalized spacial score (nSPS) is 12.6. The van der Waals surface area contributed by atoms with Crippen molar-refractivity contribution in [2.24, 2.45) is 0 Å². The van der Waals surface area contributed by atoms with Gasteiger partial charge in [0.25, 0.3) is 0 Å². The van der Waals surface area contributed by atoms with Crippen LogP contribution < -0.4 is 0 Å². The summed E-state index contributed by atoms with van der Waals surface area (Å²) >= 11 is 0. The molecule has 0 aliphatic rings. The molecule has 8 nitrogen and oxygen atoms in total. The van der Waals surface area contributed by atoms with Crippen molar-refractivity contribution in [3.63, 3.8) is 0 Å². The fraction of sp³-hybridized carbons (Fsp3) is 0. The maximum atomic E-state index is 9.05. The monoisotopic (exact) mass is 876 g/mol. The smallest absolute Gasteiger partial charge is 0.166 e. The van der Waals surface area contributed by atoms with Crippen LogP contribution in [0.3, 0.4) is 0 Å². The quantitative estimate of drug-likeness (QED) is 0.150. The van der Waals surface area contributed by atoms with Crippen LogP contribution in [0.5, 0.6) is 0 Å². The number of fused-ring (bicyclic) bond motifs is 6. The van der Waals surface area contributed by atoms with Gasteiger partial charge in [-0.25, -0.2) is 29.9 Å². The van der Waals surface area contributed by atoms with Gasteiger partial charge in [0.2, 0.25) is 0 Å². The van der Waals surface area contributed by atoms with Gasteiger partial charge >= 0.3 is 0 Å². The SMILES string of the molecule is [2H]c1c([2H])c([2H])c(-c2cccc3c2c2ccccc2n3-c2ccc(-c3nc(-c4ccccc4)nc(-c4cccc5oc6ccccc6c45)n3)cc2-c2nc(-c3ccccc3)nc(-c3ccccc3)n2)c([2H])c1[2H]. The molecule has 4 aromatic heterocycles. The second-order valence-corrected chi connectivity index (χ2v) is 16.3. The second-order valence-electron chi connectivity index (χ2n) is 16.3. The molecule has 4 heterocycles. The van der Waals surface area contributed by atoms with Gasteiger partial charge in [0, 0.05) is 54.9 Å². The van der Waals surface area contributed by atoms with Crippen molar-refractivity contribution in [1.82, 2.24) is 34.5 Å². The Kier molecular flexibility index (Phi) is 8.12. The van der Waals surface area contributed by atoms with Crippen LogP contribution in [-0.2, 0) is 0 Å². The van der Waals surface area contributed by atoms with Gasteiger partial charge in [-0.3, -0.25) is 0 Å². The number of rotatable bonds is 8. The predicted molar refractivity (Wildman–Crippen MR) is 273 cm³/mol. The molecule has 318 valence electrons. The maximum absolute atomic E-state index is 9.05. The lowest BCUT2D eigenvalue weighted by Gasteiger charge is -2.16. The Bertz CT molecular complexity index is 4250. The molecule has 13 rings (SSSR count). The van der Waals surface area contributed by atoms with E-state index in [-0.39, 0.29) is 17.6 Å². The zero-order chi connectivity index (χ0) is 49.3. The summed E-state index contributed by atoms with van der Waals surface area (Å²) in [5, 5.41) is 3.37. The van der Waals surface area contributed by atoms with Crippen molar-refractivity contribution < 1.29 is 11.3 Å². The third kappa shape index (κ3) is 6.70. The van der Waals surface area contributed by atoms with E-state index in [1.165, 1.54) is 0 Å². The number of nitrogens with zero attached hydrogens (tertiary/aromatic N) is 7. The highest BCUT2D eigenvalue weighted by atomic mass is 16.3. The molecular weight excluding hydrogens is 835 g/mol. The molecule has 0 atom stereocenters. The fourth-order valence-electron chi connectivity index (χ4n) is 9.15. The highest BCUT2D eigenvalue weighted by Gasteiger charge is 2.24. The first-order valence-electron chi connectivity index (χ1n) is 24.6. The van der Waals surface area contributed by atoms with E-state index in [2.05, 4.69) is 4.57 Å². The van der Waals surface area contributed by atoms with E-state index in [1.807, 2.05) is 194 Å². The zero-order valence-corrected chi connectivity index (χ0v) is 36.0. The number of hydrogen-bond donors (Lipinski definition) is 0. The fourth-order valence-corrected chi connectivity index (χ4v) is 9.15. The summed E-state index contributed by atoms with van der Waals surface area (Å²) in [6.07, 6.45) is 0. The Morgan fingerprint density at radius 3 is 1.50 bits per heavy atom. The van der Waals surface area contributed by atoms with Crippen LogP contribution in [0, 0.1) is 0 Å². The van der Waals surface area contributed by atoms with Crippen molar-refractivity contribution in [2.45, 2.75) is 0 Å². The molecule has 68 heavy (non-hydrogen) atoms. The molecule has 0 N–H and O–H groups in total. The Hall–Kier alpha value is -9.40. The molecule has 0 fully saturated rings. The summed E-state index contributed by atoms with van der Waals surface area (Å²) in [5.41, 5.74) is 8.82. The lowest BCUT2D eigenvalue weighted by molar-refractivity contribution is 0.669. The molecule has 9 aromatic carbocycles. The van der Waals surface area contributed by atoms with Crippen LogP contribution >= 0.6 is 0 Å². The largest absolute Gasteiger partial charge is 0.456 e. The van der Waals surface area contributed by atoms with Crippen LogP contribution in [0.25, 0.3) is 129 Å². The number of furan rings is 1. The van der Waals surface area contributed by atoms with Crippen LogP contribution in [0.4, 0.5) is 0 Å². The van der Waals surface area contributed by atoms with E-state index in [0.717, 1.165) is 55.0 Å². The topological polar surface area (TPSA) is 95.4 Å². The van der Waals surface area contributed by atoms with Crippen molar-refractivity contribution in [2.75, 3.05) is 0 Å². The lowest BCUT2D eigenvalue weighted by Crippen LogP contribution is -2.05. The van der Waals surface area contributed by atoms with Crippen LogP contribution in [0.1, 0.15) is 6.85 Å². The van der Waals surface area contributed by atoms with Gasteiger partial charge in [-0.15, -0.1) is 0 Å². The number of para-hydroxylation sites is 2. The van der Waals surface area contributed by atoms with Crippen molar-refractivity contribution in [3.8, 4) is 85.1 Å². The number of benzene rings is 9. The van der Waals surface area contributed by atoms with Crippen LogP contribution in [-0.4, -0.2) is 34.5 Å². The minimum atomic E-state index is -0.451. The van der Waals surface area contributed by atoms with Gasteiger partial charge in [0.05, 0.1) is 23.6 Å². The Morgan fingerprint density at radius 1 is 0.338 bits per heavy atom. The second kappa shape index (κ2) is 16.2. The predicted octanol–water partition coefficient (Wildman–Crippen LogP) is 14.7. The third-order valence-corrected chi connectivity index (χ3v) is 12.2. The average Bonchev–Trinajstić information content (AvgIpc) is 4.01. The third-order valence-electron chi connectivity index (χ3n) is 12.2. The van der Waals surface area contributed by atoms with Gasteiger partial charge in [0.1, 0.15) is 11.2 Å². The summed E-state index contributed by atoms with van der Waals surface area (Å²) in [4.78, 5) is 31.1. The van der Waals surface area contributed by atoms with Crippen molar-refractivity contribution in [1.29, 1.82) is 0 Å². The van der Waals surface area contributed by atoms with Gasteiger partial charge < -0.3 is 8.98 Å². The minimum Gasteiger partial charge on any atom is -0.456 e. The molecule has 0 radical (unpaired) electrons. The minimum absolute atomic E-state index is 0.117. The highest BCUT2D eigenvalue weighted by molar-refractivity contribution is 6.16. The molecular formula is C60H37N7O.